The Balaban J connectivity index is 2.40. The summed E-state index contributed by atoms with van der Waals surface area (Å²) in [6, 6.07) is 11.4. The van der Waals surface area contributed by atoms with Crippen LogP contribution in [0.15, 0.2) is 36.5 Å². The van der Waals surface area contributed by atoms with Gasteiger partial charge in [0, 0.05) is 6.20 Å². The minimum absolute atomic E-state index is 0.501. The fraction of sp³-hybridized carbons (Fsp3) is 0.143. The molecule has 0 atom stereocenters. The van der Waals surface area contributed by atoms with E-state index in [1.165, 1.54) is 0 Å². The molecule has 0 saturated carbocycles. The van der Waals surface area contributed by atoms with Gasteiger partial charge in [-0.15, -0.1) is 0 Å². The highest BCUT2D eigenvalue weighted by Crippen LogP contribution is 2.28. The van der Waals surface area contributed by atoms with E-state index in [1.54, 1.807) is 25.4 Å². The standard InChI is InChI=1S/C14H13N3O/c1-10-5-6-13(18-2)12(8-10)17-14-11(9-15)4-3-7-16-14/h3-8H,1-2H3,(H,16,17). The first-order valence-corrected chi connectivity index (χ1v) is 5.51. The van der Waals surface area contributed by atoms with Gasteiger partial charge in [0.15, 0.2) is 0 Å². The summed E-state index contributed by atoms with van der Waals surface area (Å²) < 4.78 is 5.27. The van der Waals surface area contributed by atoms with Crippen molar-refractivity contribution in [2.75, 3.05) is 12.4 Å². The van der Waals surface area contributed by atoms with Crippen molar-refractivity contribution in [3.63, 3.8) is 0 Å². The molecule has 0 saturated heterocycles. The Morgan fingerprint density at radius 3 is 2.89 bits per heavy atom. The van der Waals surface area contributed by atoms with Crippen LogP contribution in [-0.2, 0) is 0 Å². The molecular weight excluding hydrogens is 226 g/mol. The van der Waals surface area contributed by atoms with Crippen LogP contribution in [0.5, 0.6) is 5.75 Å². The Labute approximate surface area is 106 Å². The third kappa shape index (κ3) is 2.41. The van der Waals surface area contributed by atoms with Gasteiger partial charge in [0.05, 0.1) is 18.4 Å². The molecule has 0 amide bonds. The summed E-state index contributed by atoms with van der Waals surface area (Å²) in [5.74, 6) is 1.25. The number of nitrogens with one attached hydrogen (secondary N) is 1. The maximum atomic E-state index is 9.02. The zero-order chi connectivity index (χ0) is 13.0. The quantitative estimate of drug-likeness (QED) is 0.894. The number of pyridine rings is 1. The number of methoxy groups -OCH3 is 1. The molecule has 2 aromatic rings. The van der Waals surface area contributed by atoms with Gasteiger partial charge < -0.3 is 10.1 Å². The summed E-state index contributed by atoms with van der Waals surface area (Å²) in [5.41, 5.74) is 2.40. The second kappa shape index (κ2) is 5.19. The minimum Gasteiger partial charge on any atom is -0.495 e. The van der Waals surface area contributed by atoms with Crippen LogP contribution < -0.4 is 10.1 Å². The van der Waals surface area contributed by atoms with Crippen LogP contribution in [0.25, 0.3) is 0 Å². The molecule has 1 aromatic heterocycles. The number of aryl methyl sites for hydroxylation is 1. The van der Waals surface area contributed by atoms with Crippen molar-refractivity contribution in [1.29, 1.82) is 5.26 Å². The molecule has 90 valence electrons. The van der Waals surface area contributed by atoms with Crippen LogP contribution in [0.3, 0.4) is 0 Å². The summed E-state index contributed by atoms with van der Waals surface area (Å²) in [7, 11) is 1.61. The molecule has 0 aliphatic rings. The Hall–Kier alpha value is -2.54. The van der Waals surface area contributed by atoms with Gasteiger partial charge in [-0.3, -0.25) is 0 Å². The third-order valence-electron chi connectivity index (χ3n) is 2.54. The van der Waals surface area contributed by atoms with Gasteiger partial charge >= 0.3 is 0 Å². The van der Waals surface area contributed by atoms with Crippen LogP contribution in [0.4, 0.5) is 11.5 Å². The number of rotatable bonds is 3. The highest BCUT2D eigenvalue weighted by Gasteiger charge is 2.07. The fourth-order valence-electron chi connectivity index (χ4n) is 1.64. The number of hydrogen-bond donors (Lipinski definition) is 1. The summed E-state index contributed by atoms with van der Waals surface area (Å²) in [4.78, 5) is 4.16. The van der Waals surface area contributed by atoms with E-state index in [-0.39, 0.29) is 0 Å². The molecule has 4 heteroatoms. The minimum atomic E-state index is 0.501. The van der Waals surface area contributed by atoms with Crippen LogP contribution in [-0.4, -0.2) is 12.1 Å². The van der Waals surface area contributed by atoms with Gasteiger partial charge in [-0.2, -0.15) is 5.26 Å². The van der Waals surface area contributed by atoms with E-state index in [1.807, 2.05) is 25.1 Å². The van der Waals surface area contributed by atoms with E-state index in [0.29, 0.717) is 11.4 Å². The lowest BCUT2D eigenvalue weighted by Crippen LogP contribution is -1.99. The van der Waals surface area contributed by atoms with Crippen LogP contribution >= 0.6 is 0 Å². The van der Waals surface area contributed by atoms with E-state index < -0.39 is 0 Å². The van der Waals surface area contributed by atoms with Crippen LogP contribution in [0, 0.1) is 18.3 Å². The van der Waals surface area contributed by atoms with Gasteiger partial charge in [0.2, 0.25) is 0 Å². The van der Waals surface area contributed by atoms with E-state index in [2.05, 4.69) is 16.4 Å². The average Bonchev–Trinajstić information content (AvgIpc) is 2.40. The predicted octanol–water partition coefficient (Wildman–Crippen LogP) is 3.01. The third-order valence-corrected chi connectivity index (χ3v) is 2.54. The van der Waals surface area contributed by atoms with Gasteiger partial charge in [0.1, 0.15) is 17.6 Å². The Morgan fingerprint density at radius 1 is 1.33 bits per heavy atom. The van der Waals surface area contributed by atoms with E-state index in [4.69, 9.17) is 10.00 Å². The topological polar surface area (TPSA) is 57.9 Å². The molecule has 1 N–H and O–H groups in total. The fourth-order valence-corrected chi connectivity index (χ4v) is 1.64. The summed E-state index contributed by atoms with van der Waals surface area (Å²) in [5, 5.41) is 12.1. The van der Waals surface area contributed by atoms with Crippen molar-refractivity contribution in [2.45, 2.75) is 6.92 Å². The van der Waals surface area contributed by atoms with Gasteiger partial charge in [0.25, 0.3) is 0 Å². The molecule has 0 spiro atoms. The maximum Gasteiger partial charge on any atom is 0.148 e. The zero-order valence-electron chi connectivity index (χ0n) is 10.3. The molecule has 0 bridgehead atoms. The molecule has 4 nitrogen and oxygen atoms in total. The monoisotopic (exact) mass is 239 g/mol. The van der Waals surface area contributed by atoms with Crippen molar-refractivity contribution in [3.8, 4) is 11.8 Å². The molecule has 0 fully saturated rings. The number of ether oxygens (including phenoxy) is 1. The first-order valence-electron chi connectivity index (χ1n) is 5.51. The summed E-state index contributed by atoms with van der Waals surface area (Å²) >= 11 is 0. The van der Waals surface area contributed by atoms with Gasteiger partial charge in [-0.1, -0.05) is 6.07 Å². The number of nitriles is 1. The Bertz CT molecular complexity index is 602. The highest BCUT2D eigenvalue weighted by atomic mass is 16.5. The second-order valence-electron chi connectivity index (χ2n) is 3.84. The molecule has 1 heterocycles. The lowest BCUT2D eigenvalue weighted by atomic mass is 10.2. The smallest absolute Gasteiger partial charge is 0.148 e. The number of nitrogens with zero attached hydrogens (tertiary/aromatic N) is 2. The van der Waals surface area contributed by atoms with Crippen LogP contribution in [0.2, 0.25) is 0 Å². The lowest BCUT2D eigenvalue weighted by molar-refractivity contribution is 0.416. The molecule has 1 aromatic carbocycles. The van der Waals surface area contributed by atoms with Crippen molar-refractivity contribution in [2.24, 2.45) is 0 Å². The Morgan fingerprint density at radius 2 is 2.17 bits per heavy atom. The summed E-state index contributed by atoms with van der Waals surface area (Å²) in [6.07, 6.45) is 1.64. The van der Waals surface area contributed by atoms with E-state index in [9.17, 15) is 0 Å². The van der Waals surface area contributed by atoms with Gasteiger partial charge in [-0.25, -0.2) is 4.98 Å². The van der Waals surface area contributed by atoms with E-state index >= 15 is 0 Å². The molecule has 18 heavy (non-hydrogen) atoms. The molecule has 0 unspecified atom stereocenters. The molecule has 2 rings (SSSR count). The van der Waals surface area contributed by atoms with Gasteiger partial charge in [-0.05, 0) is 36.8 Å². The highest BCUT2D eigenvalue weighted by molar-refractivity contribution is 5.68. The summed E-state index contributed by atoms with van der Waals surface area (Å²) in [6.45, 7) is 1.99. The number of aromatic nitrogens is 1. The molecule has 0 radical (unpaired) electrons. The first kappa shape index (κ1) is 11.9. The largest absolute Gasteiger partial charge is 0.495 e. The predicted molar refractivity (Wildman–Crippen MR) is 70.0 cm³/mol. The molecule has 0 aliphatic carbocycles. The molecule has 0 aliphatic heterocycles. The van der Waals surface area contributed by atoms with Crippen molar-refractivity contribution < 1.29 is 4.74 Å². The normalized spacial score (nSPS) is 9.61. The molecular formula is C14H13N3O. The average molecular weight is 239 g/mol. The van der Waals surface area contributed by atoms with Crippen molar-refractivity contribution in [3.05, 3.63) is 47.7 Å². The number of benzene rings is 1. The zero-order valence-corrected chi connectivity index (χ0v) is 10.3. The second-order valence-corrected chi connectivity index (χ2v) is 3.84. The van der Waals surface area contributed by atoms with Crippen molar-refractivity contribution in [1.82, 2.24) is 4.98 Å². The van der Waals surface area contributed by atoms with Crippen LogP contribution in [0.1, 0.15) is 11.1 Å². The maximum absolute atomic E-state index is 9.02. The lowest BCUT2D eigenvalue weighted by Gasteiger charge is -2.12. The SMILES string of the molecule is COc1ccc(C)cc1Nc1ncccc1C#N. The number of hydrogen-bond acceptors (Lipinski definition) is 4. The Kier molecular flexibility index (Phi) is 3.44. The number of anilines is 2. The van der Waals surface area contributed by atoms with E-state index in [0.717, 1.165) is 17.0 Å². The first-order chi connectivity index (χ1) is 8.74. The van der Waals surface area contributed by atoms with Crippen molar-refractivity contribution >= 4 is 11.5 Å².